The van der Waals surface area contributed by atoms with E-state index in [1.807, 2.05) is 4.90 Å². The highest BCUT2D eigenvalue weighted by Gasteiger charge is 2.38. The van der Waals surface area contributed by atoms with Crippen LogP contribution in [0.4, 0.5) is 18.9 Å². The Balaban J connectivity index is 1.73. The quantitative estimate of drug-likeness (QED) is 0.671. The Morgan fingerprint density at radius 1 is 1.18 bits per heavy atom. The number of methoxy groups -OCH3 is 1. The van der Waals surface area contributed by atoms with Gasteiger partial charge in [0.15, 0.2) is 5.69 Å². The molecule has 13 heteroatoms. The lowest BCUT2D eigenvalue weighted by molar-refractivity contribution is -0.142. The number of nitrogens with one attached hydrogen (secondary N) is 1. The minimum absolute atomic E-state index is 0.0689. The molecule has 1 saturated heterocycles. The molecule has 2 amide bonds. The lowest BCUT2D eigenvalue weighted by Crippen LogP contribution is -2.50. The smallest absolute Gasteiger partial charge is 0.436 e. The summed E-state index contributed by atoms with van der Waals surface area (Å²) in [5.74, 6) is -0.297. The zero-order valence-electron chi connectivity index (χ0n) is 18.1. The monoisotopic (exact) mass is 507 g/mol. The fourth-order valence-corrected chi connectivity index (χ4v) is 4.04. The lowest BCUT2D eigenvalue weighted by atomic mass is 10.1. The maximum Gasteiger partial charge on any atom is 0.436 e. The number of alkyl halides is 3. The summed E-state index contributed by atoms with van der Waals surface area (Å²) in [5.41, 5.74) is -0.172. The van der Waals surface area contributed by atoms with Crippen LogP contribution in [0.2, 0.25) is 10.0 Å². The van der Waals surface area contributed by atoms with Crippen LogP contribution in [0.1, 0.15) is 21.7 Å². The van der Waals surface area contributed by atoms with Crippen LogP contribution < -0.4 is 15.0 Å². The second kappa shape index (κ2) is 9.68. The predicted molar refractivity (Wildman–Crippen MR) is 117 cm³/mol. The van der Waals surface area contributed by atoms with Gasteiger partial charge in [0, 0.05) is 39.3 Å². The van der Waals surface area contributed by atoms with Gasteiger partial charge in [-0.25, -0.2) is 0 Å². The van der Waals surface area contributed by atoms with Gasteiger partial charge < -0.3 is 19.9 Å². The van der Waals surface area contributed by atoms with Crippen LogP contribution in [0.5, 0.6) is 5.75 Å². The predicted octanol–water partition coefficient (Wildman–Crippen LogP) is 3.23. The molecular formula is C20H22Cl2F3N5O3. The largest absolute Gasteiger partial charge is 0.495 e. The average Bonchev–Trinajstić information content (AvgIpc) is 3.07. The van der Waals surface area contributed by atoms with E-state index < -0.39 is 16.9 Å². The highest BCUT2D eigenvalue weighted by Crippen LogP contribution is 2.36. The summed E-state index contributed by atoms with van der Waals surface area (Å²) in [5, 5.41) is 5.83. The topological polar surface area (TPSA) is 79.7 Å². The number of halogens is 5. The van der Waals surface area contributed by atoms with E-state index in [1.165, 1.54) is 32.0 Å². The number of anilines is 1. The van der Waals surface area contributed by atoms with Gasteiger partial charge in [-0.05, 0) is 13.0 Å². The average molecular weight is 508 g/mol. The van der Waals surface area contributed by atoms with Gasteiger partial charge in [-0.2, -0.15) is 18.3 Å². The minimum Gasteiger partial charge on any atom is -0.495 e. The fourth-order valence-electron chi connectivity index (χ4n) is 3.56. The Bertz CT molecular complexity index is 1070. The third-order valence-electron chi connectivity index (χ3n) is 5.40. The number of rotatable bonds is 5. The first-order valence-electron chi connectivity index (χ1n) is 9.90. The highest BCUT2D eigenvalue weighted by atomic mass is 35.5. The Morgan fingerprint density at radius 2 is 1.82 bits per heavy atom. The van der Waals surface area contributed by atoms with E-state index in [0.29, 0.717) is 48.2 Å². The van der Waals surface area contributed by atoms with E-state index in [4.69, 9.17) is 27.9 Å². The van der Waals surface area contributed by atoms with Gasteiger partial charge in [-0.15, -0.1) is 0 Å². The zero-order valence-corrected chi connectivity index (χ0v) is 19.6. The first kappa shape index (κ1) is 25.0. The molecule has 2 heterocycles. The van der Waals surface area contributed by atoms with Gasteiger partial charge in [0.1, 0.15) is 12.3 Å². The molecule has 1 N–H and O–H groups in total. The van der Waals surface area contributed by atoms with Crippen molar-refractivity contribution in [2.45, 2.75) is 19.6 Å². The number of hydrogen-bond donors (Lipinski definition) is 1. The molecule has 180 valence electrons. The van der Waals surface area contributed by atoms with Crippen LogP contribution in [0.15, 0.2) is 12.1 Å². The molecule has 0 atom stereocenters. The lowest BCUT2D eigenvalue weighted by Gasteiger charge is -2.37. The second-order valence-corrected chi connectivity index (χ2v) is 8.14. The summed E-state index contributed by atoms with van der Waals surface area (Å²) >= 11 is 11.9. The molecule has 0 bridgehead atoms. The zero-order chi connectivity index (χ0) is 24.5. The normalized spacial score (nSPS) is 14.4. The van der Waals surface area contributed by atoms with Crippen molar-refractivity contribution in [1.29, 1.82) is 0 Å². The molecular weight excluding hydrogens is 486 g/mol. The molecule has 1 aromatic carbocycles. The number of aromatic nitrogens is 2. The summed E-state index contributed by atoms with van der Waals surface area (Å²) in [6.07, 6.45) is -4.70. The van der Waals surface area contributed by atoms with Crippen LogP contribution in [-0.2, 0) is 17.5 Å². The van der Waals surface area contributed by atoms with Crippen molar-refractivity contribution in [2.24, 2.45) is 0 Å². The Hall–Kier alpha value is -2.66. The molecule has 1 aliphatic rings. The molecule has 3 rings (SSSR count). The molecule has 8 nitrogen and oxygen atoms in total. The first-order chi connectivity index (χ1) is 15.5. The summed E-state index contributed by atoms with van der Waals surface area (Å²) in [4.78, 5) is 28.5. The van der Waals surface area contributed by atoms with Crippen LogP contribution in [0.25, 0.3) is 0 Å². The van der Waals surface area contributed by atoms with E-state index in [1.54, 1.807) is 6.07 Å². The maximum absolute atomic E-state index is 13.0. The highest BCUT2D eigenvalue weighted by molar-refractivity contribution is 6.32. The Morgan fingerprint density at radius 3 is 2.33 bits per heavy atom. The number of ether oxygens (including phenoxy) is 1. The number of benzene rings is 1. The van der Waals surface area contributed by atoms with Gasteiger partial charge in [-0.3, -0.25) is 14.3 Å². The SMILES string of the molecule is CNC(=O)c1cc(Cl)c(OC)cc1N1CCN(C(=O)Cn2nc(C(F)(F)F)c(Cl)c2C)CC1. The van der Waals surface area contributed by atoms with Crippen LogP contribution in [-0.4, -0.2) is 66.8 Å². The number of nitrogens with zero attached hydrogens (tertiary/aromatic N) is 4. The summed E-state index contributed by atoms with van der Waals surface area (Å²) < 4.78 is 45.3. The van der Waals surface area contributed by atoms with Crippen molar-refractivity contribution < 1.29 is 27.5 Å². The van der Waals surface area contributed by atoms with Crippen molar-refractivity contribution in [2.75, 3.05) is 45.2 Å². The van der Waals surface area contributed by atoms with E-state index in [9.17, 15) is 22.8 Å². The van der Waals surface area contributed by atoms with Crippen molar-refractivity contribution in [3.05, 3.63) is 39.1 Å². The number of hydrogen-bond acceptors (Lipinski definition) is 5. The van der Waals surface area contributed by atoms with Crippen molar-refractivity contribution >= 4 is 40.7 Å². The summed E-state index contributed by atoms with van der Waals surface area (Å²) in [6.45, 7) is 2.42. The van der Waals surface area contributed by atoms with Gasteiger partial charge in [0.25, 0.3) is 5.91 Å². The molecule has 0 spiro atoms. The molecule has 2 aromatic rings. The maximum atomic E-state index is 13.0. The standard InChI is InChI=1S/C20H22Cl2F3N5O3/c1-11-17(22)18(20(23,24)25)27-30(11)10-16(31)29-6-4-28(5-7-29)14-9-15(33-3)13(21)8-12(14)19(32)26-2/h8-9H,4-7,10H2,1-3H3,(H,26,32). The number of carbonyl (C=O) groups is 2. The van der Waals surface area contributed by atoms with Gasteiger partial charge in [0.2, 0.25) is 5.91 Å². The summed E-state index contributed by atoms with van der Waals surface area (Å²) in [6, 6.07) is 3.19. The molecule has 1 aromatic heterocycles. The van der Waals surface area contributed by atoms with Crippen molar-refractivity contribution in [1.82, 2.24) is 20.0 Å². The molecule has 0 saturated carbocycles. The first-order valence-corrected chi connectivity index (χ1v) is 10.7. The molecule has 1 aliphatic heterocycles. The van der Waals surface area contributed by atoms with Gasteiger partial charge in [0.05, 0.1) is 34.1 Å². The minimum atomic E-state index is -4.70. The van der Waals surface area contributed by atoms with E-state index >= 15 is 0 Å². The molecule has 0 aliphatic carbocycles. The van der Waals surface area contributed by atoms with Crippen molar-refractivity contribution in [3.63, 3.8) is 0 Å². The van der Waals surface area contributed by atoms with Crippen molar-refractivity contribution in [3.8, 4) is 5.75 Å². The fraction of sp³-hybridized carbons (Fsp3) is 0.450. The second-order valence-electron chi connectivity index (χ2n) is 7.35. The Labute approximate surface area is 198 Å². The van der Waals surface area contributed by atoms with Crippen LogP contribution in [0, 0.1) is 6.92 Å². The van der Waals surface area contributed by atoms with Gasteiger partial charge >= 0.3 is 6.18 Å². The van der Waals surface area contributed by atoms with E-state index in [0.717, 1.165) is 4.68 Å². The summed E-state index contributed by atoms with van der Waals surface area (Å²) in [7, 11) is 2.98. The van der Waals surface area contributed by atoms with Crippen LogP contribution >= 0.6 is 23.2 Å². The van der Waals surface area contributed by atoms with E-state index in [-0.39, 0.29) is 24.1 Å². The molecule has 1 fully saturated rings. The third kappa shape index (κ3) is 5.14. The molecule has 33 heavy (non-hydrogen) atoms. The van der Waals surface area contributed by atoms with Crippen LogP contribution in [0.3, 0.4) is 0 Å². The number of piperazine rings is 1. The number of carbonyl (C=O) groups excluding carboxylic acids is 2. The Kier molecular flexibility index (Phi) is 7.32. The third-order valence-corrected chi connectivity index (χ3v) is 6.15. The molecule has 0 radical (unpaired) electrons. The van der Waals surface area contributed by atoms with E-state index in [2.05, 4.69) is 10.4 Å². The number of amides is 2. The molecule has 0 unspecified atom stereocenters. The van der Waals surface area contributed by atoms with Gasteiger partial charge in [-0.1, -0.05) is 23.2 Å².